The number of hydrogen-bond acceptors (Lipinski definition) is 3. The van der Waals surface area contributed by atoms with Gasteiger partial charge in [0.2, 0.25) is 0 Å². The van der Waals surface area contributed by atoms with Crippen LogP contribution in [0, 0.1) is 5.82 Å². The summed E-state index contributed by atoms with van der Waals surface area (Å²) in [4.78, 5) is 18.1. The summed E-state index contributed by atoms with van der Waals surface area (Å²) in [5.41, 5.74) is -1.63. The van der Waals surface area contributed by atoms with Crippen LogP contribution in [-0.2, 0) is 6.18 Å². The number of aromatic nitrogens is 2. The molecule has 3 rings (SSSR count). The summed E-state index contributed by atoms with van der Waals surface area (Å²) in [5, 5.41) is 0. The Labute approximate surface area is 118 Å². The molecule has 1 N–H and O–H groups in total. The van der Waals surface area contributed by atoms with Crippen LogP contribution in [0.5, 0.6) is 0 Å². The van der Waals surface area contributed by atoms with Gasteiger partial charge in [0.25, 0.3) is 5.56 Å². The van der Waals surface area contributed by atoms with Crippen LogP contribution in [-0.4, -0.2) is 9.97 Å². The second-order valence-electron chi connectivity index (χ2n) is 4.22. The average molecular weight is 314 g/mol. The van der Waals surface area contributed by atoms with E-state index in [-0.39, 0.29) is 15.1 Å². The van der Waals surface area contributed by atoms with E-state index >= 15 is 0 Å². The van der Waals surface area contributed by atoms with E-state index in [0.29, 0.717) is 11.6 Å². The molecule has 1 aromatic carbocycles. The molecule has 0 atom stereocenters. The molecule has 2 aromatic heterocycles. The van der Waals surface area contributed by atoms with Gasteiger partial charge in [-0.15, -0.1) is 11.3 Å². The summed E-state index contributed by atoms with van der Waals surface area (Å²) in [5.74, 6) is -1.35. The largest absolute Gasteiger partial charge is 0.419 e. The Bertz CT molecular complexity index is 882. The fraction of sp³-hybridized carbons (Fsp3) is 0.0769. The quantitative estimate of drug-likeness (QED) is 0.694. The minimum absolute atomic E-state index is 0.202. The van der Waals surface area contributed by atoms with Gasteiger partial charge in [0.15, 0.2) is 0 Å². The van der Waals surface area contributed by atoms with Gasteiger partial charge in [0, 0.05) is 10.4 Å². The Morgan fingerprint density at radius 2 is 2.00 bits per heavy atom. The molecule has 0 amide bonds. The van der Waals surface area contributed by atoms with E-state index in [4.69, 9.17) is 0 Å². The van der Waals surface area contributed by atoms with E-state index in [1.165, 1.54) is 18.5 Å². The summed E-state index contributed by atoms with van der Waals surface area (Å²) in [6, 6.07) is 4.44. The van der Waals surface area contributed by atoms with E-state index in [2.05, 4.69) is 9.97 Å². The van der Waals surface area contributed by atoms with Crippen LogP contribution in [0.4, 0.5) is 17.6 Å². The van der Waals surface area contributed by atoms with E-state index in [0.717, 1.165) is 17.4 Å². The third-order valence-electron chi connectivity index (χ3n) is 2.89. The molecular weight excluding hydrogens is 308 g/mol. The summed E-state index contributed by atoms with van der Waals surface area (Å²) >= 11 is 0.897. The second-order valence-corrected chi connectivity index (χ2v) is 5.27. The molecule has 0 fully saturated rings. The standard InChI is InChI=1S/C13H6F4N2OS/c14-10-6(2-1-3-7(10)13(15,16)17)9-4-8-11(21-9)12(20)19-5-18-8/h1-5H,(H,18,19,20). The van der Waals surface area contributed by atoms with Crippen LogP contribution in [0.1, 0.15) is 5.56 Å². The van der Waals surface area contributed by atoms with Gasteiger partial charge in [-0.2, -0.15) is 13.2 Å². The molecule has 0 radical (unpaired) electrons. The molecule has 0 spiro atoms. The molecule has 0 unspecified atom stereocenters. The van der Waals surface area contributed by atoms with Crippen molar-refractivity contribution in [3.8, 4) is 10.4 Å². The Morgan fingerprint density at radius 3 is 2.67 bits per heavy atom. The molecule has 3 aromatic rings. The first-order valence-corrected chi connectivity index (χ1v) is 6.53. The monoisotopic (exact) mass is 314 g/mol. The lowest BCUT2D eigenvalue weighted by Gasteiger charge is -2.09. The highest BCUT2D eigenvalue weighted by Crippen LogP contribution is 2.38. The lowest BCUT2D eigenvalue weighted by Crippen LogP contribution is -2.08. The van der Waals surface area contributed by atoms with Crippen molar-refractivity contribution in [2.45, 2.75) is 6.18 Å². The highest BCUT2D eigenvalue weighted by molar-refractivity contribution is 7.22. The third-order valence-corrected chi connectivity index (χ3v) is 4.04. The zero-order valence-corrected chi connectivity index (χ0v) is 11.0. The molecule has 2 heterocycles. The van der Waals surface area contributed by atoms with Crippen LogP contribution in [0.25, 0.3) is 20.7 Å². The molecule has 8 heteroatoms. The van der Waals surface area contributed by atoms with Gasteiger partial charge < -0.3 is 4.98 Å². The van der Waals surface area contributed by atoms with Crippen molar-refractivity contribution < 1.29 is 17.6 Å². The molecule has 0 saturated carbocycles. The minimum atomic E-state index is -4.77. The Morgan fingerprint density at radius 1 is 1.24 bits per heavy atom. The van der Waals surface area contributed by atoms with E-state index in [9.17, 15) is 22.4 Å². The Kier molecular flexibility index (Phi) is 3.05. The van der Waals surface area contributed by atoms with Gasteiger partial charge >= 0.3 is 6.18 Å². The number of benzene rings is 1. The van der Waals surface area contributed by atoms with Gasteiger partial charge in [0.1, 0.15) is 10.5 Å². The van der Waals surface area contributed by atoms with Gasteiger partial charge in [-0.05, 0) is 12.1 Å². The fourth-order valence-electron chi connectivity index (χ4n) is 1.94. The first-order chi connectivity index (χ1) is 9.88. The van der Waals surface area contributed by atoms with Gasteiger partial charge in [-0.25, -0.2) is 9.37 Å². The summed E-state index contributed by atoms with van der Waals surface area (Å²) in [7, 11) is 0. The number of fused-ring (bicyclic) bond motifs is 1. The number of nitrogens with zero attached hydrogens (tertiary/aromatic N) is 1. The molecule has 0 saturated heterocycles. The maximum atomic E-state index is 14.1. The van der Waals surface area contributed by atoms with Crippen molar-refractivity contribution in [2.24, 2.45) is 0 Å². The highest BCUT2D eigenvalue weighted by Gasteiger charge is 2.35. The molecule has 3 nitrogen and oxygen atoms in total. The Balaban J connectivity index is 2.24. The number of H-pyrrole nitrogens is 1. The normalized spacial score (nSPS) is 12.0. The van der Waals surface area contributed by atoms with Crippen LogP contribution in [0.15, 0.2) is 35.4 Å². The molecule has 0 aliphatic heterocycles. The first-order valence-electron chi connectivity index (χ1n) is 5.71. The molecule has 108 valence electrons. The van der Waals surface area contributed by atoms with Gasteiger partial charge in [-0.3, -0.25) is 4.79 Å². The van der Waals surface area contributed by atoms with E-state index < -0.39 is 23.1 Å². The summed E-state index contributed by atoms with van der Waals surface area (Å²) < 4.78 is 52.4. The number of thiophene rings is 1. The zero-order valence-electron chi connectivity index (χ0n) is 10.2. The smallest absolute Gasteiger partial charge is 0.312 e. The van der Waals surface area contributed by atoms with E-state index in [1.54, 1.807) is 0 Å². The minimum Gasteiger partial charge on any atom is -0.312 e. The van der Waals surface area contributed by atoms with Crippen molar-refractivity contribution in [1.29, 1.82) is 0 Å². The number of halogens is 4. The molecule has 0 aliphatic carbocycles. The highest BCUT2D eigenvalue weighted by atomic mass is 32.1. The predicted molar refractivity (Wildman–Crippen MR) is 70.6 cm³/mol. The van der Waals surface area contributed by atoms with E-state index in [1.807, 2.05) is 0 Å². The van der Waals surface area contributed by atoms with Crippen LogP contribution >= 0.6 is 11.3 Å². The number of nitrogens with one attached hydrogen (secondary N) is 1. The Hall–Kier alpha value is -2.22. The lowest BCUT2D eigenvalue weighted by molar-refractivity contribution is -0.139. The maximum Gasteiger partial charge on any atom is 0.419 e. The SMILES string of the molecule is O=c1[nH]cnc2cc(-c3cccc(C(F)(F)F)c3F)sc12. The second kappa shape index (κ2) is 4.66. The maximum absolute atomic E-state index is 14.1. The van der Waals surface area contributed by atoms with Crippen molar-refractivity contribution >= 4 is 21.6 Å². The third kappa shape index (κ3) is 2.31. The predicted octanol–water partition coefficient (Wildman–Crippen LogP) is 3.81. The number of rotatable bonds is 1. The molecule has 0 bridgehead atoms. The lowest BCUT2D eigenvalue weighted by atomic mass is 10.1. The first kappa shape index (κ1) is 13.7. The fourth-order valence-corrected chi connectivity index (χ4v) is 2.97. The van der Waals surface area contributed by atoms with Crippen LogP contribution in [0.2, 0.25) is 0 Å². The van der Waals surface area contributed by atoms with Crippen LogP contribution in [0.3, 0.4) is 0 Å². The summed E-state index contributed by atoms with van der Waals surface area (Å²) in [6.45, 7) is 0. The molecule has 0 aliphatic rings. The van der Waals surface area contributed by atoms with Gasteiger partial charge in [-0.1, -0.05) is 12.1 Å². The number of alkyl halides is 3. The van der Waals surface area contributed by atoms with Crippen molar-refractivity contribution in [3.05, 3.63) is 52.3 Å². The zero-order chi connectivity index (χ0) is 15.2. The summed E-state index contributed by atoms with van der Waals surface area (Å²) in [6.07, 6.45) is -3.59. The number of aromatic amines is 1. The van der Waals surface area contributed by atoms with Crippen molar-refractivity contribution in [3.63, 3.8) is 0 Å². The number of hydrogen-bond donors (Lipinski definition) is 1. The van der Waals surface area contributed by atoms with Crippen LogP contribution < -0.4 is 5.56 Å². The molecular formula is C13H6F4N2OS. The van der Waals surface area contributed by atoms with Crippen molar-refractivity contribution in [2.75, 3.05) is 0 Å². The van der Waals surface area contributed by atoms with Gasteiger partial charge in [0.05, 0.1) is 17.4 Å². The van der Waals surface area contributed by atoms with Crippen molar-refractivity contribution in [1.82, 2.24) is 9.97 Å². The topological polar surface area (TPSA) is 45.8 Å². The average Bonchev–Trinajstić information content (AvgIpc) is 2.83. The molecule has 21 heavy (non-hydrogen) atoms.